The molecule has 0 aliphatic rings. The molecule has 1 aromatic heterocycles. The van der Waals surface area contributed by atoms with E-state index in [9.17, 15) is 4.79 Å². The van der Waals surface area contributed by atoms with Crippen molar-refractivity contribution in [1.82, 2.24) is 4.98 Å². The zero-order chi connectivity index (χ0) is 19.6. The number of fused-ring (bicyclic) bond motifs is 1. The number of hydrogen-bond acceptors (Lipinski definition) is 7. The molecule has 1 amide bonds. The maximum atomic E-state index is 12.7. The number of thiazole rings is 1. The van der Waals surface area contributed by atoms with Crippen LogP contribution < -0.4 is 24.3 Å². The van der Waals surface area contributed by atoms with Gasteiger partial charge in [0.15, 0.2) is 16.6 Å². The Morgan fingerprint density at radius 2 is 1.59 bits per heavy atom. The van der Waals surface area contributed by atoms with Gasteiger partial charge in [-0.25, -0.2) is 4.98 Å². The van der Waals surface area contributed by atoms with Gasteiger partial charge in [-0.1, -0.05) is 17.4 Å². The quantitative estimate of drug-likeness (QED) is 0.690. The minimum absolute atomic E-state index is 0.329. The maximum Gasteiger partial charge on any atom is 0.257 e. The van der Waals surface area contributed by atoms with Crippen molar-refractivity contribution in [1.29, 1.82) is 0 Å². The Kier molecular flexibility index (Phi) is 5.36. The lowest BCUT2D eigenvalue weighted by molar-refractivity contribution is 0.102. The minimum Gasteiger partial charge on any atom is -0.494 e. The molecule has 1 N–H and O–H groups in total. The molecule has 27 heavy (non-hydrogen) atoms. The Balaban J connectivity index is 1.96. The highest BCUT2D eigenvalue weighted by Crippen LogP contribution is 2.39. The molecule has 0 aliphatic heterocycles. The zero-order valence-corrected chi connectivity index (χ0v) is 16.5. The largest absolute Gasteiger partial charge is 0.494 e. The maximum absolute atomic E-state index is 12.7. The number of nitrogens with zero attached hydrogens (tertiary/aromatic N) is 1. The van der Waals surface area contributed by atoms with E-state index < -0.39 is 0 Å². The van der Waals surface area contributed by atoms with Gasteiger partial charge in [0.2, 0.25) is 5.75 Å². The third-order valence-electron chi connectivity index (χ3n) is 4.07. The molecular formula is C19H20N2O5S. The fourth-order valence-corrected chi connectivity index (χ4v) is 3.66. The number of anilines is 1. The molecule has 0 bridgehead atoms. The summed E-state index contributed by atoms with van der Waals surface area (Å²) in [6, 6.07) is 7.01. The standard InChI is InChI=1S/C19H20N2O5S/c1-10-6-7-12(23-2)15-17(10)27-19(20-15)21-18(22)11-8-13(24-3)16(26-5)14(9-11)25-4/h6-9H,1-5H3,(H,20,21,22). The first-order valence-electron chi connectivity index (χ1n) is 8.07. The number of aryl methyl sites for hydroxylation is 1. The lowest BCUT2D eigenvalue weighted by Gasteiger charge is -2.13. The third-order valence-corrected chi connectivity index (χ3v) is 5.18. The number of carbonyl (C=O) groups is 1. The van der Waals surface area contributed by atoms with Gasteiger partial charge < -0.3 is 18.9 Å². The molecule has 2 aromatic carbocycles. The second kappa shape index (κ2) is 7.71. The van der Waals surface area contributed by atoms with Gasteiger partial charge in [0.05, 0.1) is 33.1 Å². The summed E-state index contributed by atoms with van der Waals surface area (Å²) in [7, 11) is 6.11. The number of carbonyl (C=O) groups excluding carboxylic acids is 1. The van der Waals surface area contributed by atoms with Gasteiger partial charge in [-0.05, 0) is 30.7 Å². The number of rotatable bonds is 6. The molecule has 0 saturated heterocycles. The van der Waals surface area contributed by atoms with Gasteiger partial charge in [-0.15, -0.1) is 0 Å². The number of methoxy groups -OCH3 is 4. The number of ether oxygens (including phenoxy) is 4. The van der Waals surface area contributed by atoms with E-state index in [0.717, 1.165) is 15.8 Å². The van der Waals surface area contributed by atoms with Crippen LogP contribution in [0.5, 0.6) is 23.0 Å². The first-order chi connectivity index (χ1) is 13.0. The van der Waals surface area contributed by atoms with E-state index in [1.165, 1.54) is 32.7 Å². The van der Waals surface area contributed by atoms with Crippen molar-refractivity contribution in [2.75, 3.05) is 33.8 Å². The van der Waals surface area contributed by atoms with Crippen LogP contribution >= 0.6 is 11.3 Å². The number of nitrogens with one attached hydrogen (secondary N) is 1. The topological polar surface area (TPSA) is 78.9 Å². The molecule has 0 saturated carbocycles. The van der Waals surface area contributed by atoms with Crippen LogP contribution in [-0.4, -0.2) is 39.3 Å². The van der Waals surface area contributed by atoms with Crippen LogP contribution in [0.25, 0.3) is 10.2 Å². The third kappa shape index (κ3) is 3.48. The second-order valence-electron chi connectivity index (χ2n) is 5.65. The lowest BCUT2D eigenvalue weighted by atomic mass is 10.1. The van der Waals surface area contributed by atoms with E-state index in [-0.39, 0.29) is 5.91 Å². The van der Waals surface area contributed by atoms with Gasteiger partial charge in [0.25, 0.3) is 5.91 Å². The highest BCUT2D eigenvalue weighted by Gasteiger charge is 2.19. The molecule has 0 unspecified atom stereocenters. The van der Waals surface area contributed by atoms with E-state index in [0.29, 0.717) is 33.7 Å². The summed E-state index contributed by atoms with van der Waals surface area (Å²) in [4.78, 5) is 17.2. The van der Waals surface area contributed by atoms with Crippen molar-refractivity contribution in [3.8, 4) is 23.0 Å². The van der Waals surface area contributed by atoms with Crippen LogP contribution in [0, 0.1) is 6.92 Å². The van der Waals surface area contributed by atoms with Crippen molar-refractivity contribution >= 4 is 32.6 Å². The first kappa shape index (κ1) is 18.8. The summed E-state index contributed by atoms with van der Waals surface area (Å²) in [5.74, 6) is 1.58. The molecule has 3 aromatic rings. The van der Waals surface area contributed by atoms with Gasteiger partial charge in [0, 0.05) is 5.56 Å². The summed E-state index contributed by atoms with van der Waals surface area (Å²) in [6.45, 7) is 1.99. The summed E-state index contributed by atoms with van der Waals surface area (Å²) < 4.78 is 22.2. The van der Waals surface area contributed by atoms with Gasteiger partial charge >= 0.3 is 0 Å². The molecular weight excluding hydrogens is 368 g/mol. The molecule has 7 nitrogen and oxygen atoms in total. The van der Waals surface area contributed by atoms with Gasteiger partial charge in [-0.3, -0.25) is 10.1 Å². The fraction of sp³-hybridized carbons (Fsp3) is 0.263. The van der Waals surface area contributed by atoms with Gasteiger partial charge in [-0.2, -0.15) is 0 Å². The first-order valence-corrected chi connectivity index (χ1v) is 8.89. The molecule has 0 atom stereocenters. The number of amides is 1. The number of aromatic nitrogens is 1. The van der Waals surface area contributed by atoms with E-state index in [1.54, 1.807) is 19.2 Å². The molecule has 0 radical (unpaired) electrons. The molecule has 0 aliphatic carbocycles. The molecule has 0 fully saturated rings. The van der Waals surface area contributed by atoms with Crippen molar-refractivity contribution in [2.45, 2.75) is 6.92 Å². The molecule has 142 valence electrons. The van der Waals surface area contributed by atoms with Crippen LogP contribution in [0.3, 0.4) is 0 Å². The Hall–Kier alpha value is -3.00. The summed E-state index contributed by atoms with van der Waals surface area (Å²) in [6.07, 6.45) is 0. The molecule has 3 rings (SSSR count). The molecule has 0 spiro atoms. The summed E-state index contributed by atoms with van der Waals surface area (Å²) >= 11 is 1.39. The SMILES string of the molecule is COc1cc(C(=O)Nc2nc3c(OC)ccc(C)c3s2)cc(OC)c1OC. The van der Waals surface area contributed by atoms with Crippen molar-refractivity contribution in [3.05, 3.63) is 35.4 Å². The smallest absolute Gasteiger partial charge is 0.257 e. The summed E-state index contributed by atoms with van der Waals surface area (Å²) in [5, 5.41) is 3.31. The van der Waals surface area contributed by atoms with Crippen molar-refractivity contribution in [2.24, 2.45) is 0 Å². The average Bonchev–Trinajstić information content (AvgIpc) is 3.11. The van der Waals surface area contributed by atoms with Crippen LogP contribution in [0.2, 0.25) is 0 Å². The molecule has 8 heteroatoms. The zero-order valence-electron chi connectivity index (χ0n) is 15.7. The highest BCUT2D eigenvalue weighted by molar-refractivity contribution is 7.22. The lowest BCUT2D eigenvalue weighted by Crippen LogP contribution is -2.12. The normalized spacial score (nSPS) is 10.6. The minimum atomic E-state index is -0.329. The Morgan fingerprint density at radius 3 is 2.15 bits per heavy atom. The van der Waals surface area contributed by atoms with Crippen LogP contribution in [0.4, 0.5) is 5.13 Å². The van der Waals surface area contributed by atoms with Crippen LogP contribution in [-0.2, 0) is 0 Å². The monoisotopic (exact) mass is 388 g/mol. The van der Waals surface area contributed by atoms with Crippen LogP contribution in [0.15, 0.2) is 24.3 Å². The van der Waals surface area contributed by atoms with Crippen LogP contribution in [0.1, 0.15) is 15.9 Å². The van der Waals surface area contributed by atoms with Crippen molar-refractivity contribution in [3.63, 3.8) is 0 Å². The van der Waals surface area contributed by atoms with E-state index in [1.807, 2.05) is 19.1 Å². The average molecular weight is 388 g/mol. The highest BCUT2D eigenvalue weighted by atomic mass is 32.1. The predicted octanol–water partition coefficient (Wildman–Crippen LogP) is 3.89. The summed E-state index contributed by atoms with van der Waals surface area (Å²) in [5.41, 5.74) is 2.16. The van der Waals surface area contributed by atoms with Crippen molar-refractivity contribution < 1.29 is 23.7 Å². The van der Waals surface area contributed by atoms with E-state index in [4.69, 9.17) is 18.9 Å². The predicted molar refractivity (Wildman–Crippen MR) is 105 cm³/mol. The molecule has 1 heterocycles. The second-order valence-corrected chi connectivity index (χ2v) is 6.65. The Morgan fingerprint density at radius 1 is 0.963 bits per heavy atom. The van der Waals surface area contributed by atoms with E-state index in [2.05, 4.69) is 10.3 Å². The Bertz CT molecular complexity index is 974. The number of benzene rings is 2. The number of hydrogen-bond donors (Lipinski definition) is 1. The van der Waals surface area contributed by atoms with Gasteiger partial charge in [0.1, 0.15) is 11.3 Å². The van der Waals surface area contributed by atoms with E-state index >= 15 is 0 Å². The fourth-order valence-electron chi connectivity index (χ4n) is 2.71. The Labute approximate surface area is 160 Å².